The molecule has 5 nitrogen and oxygen atoms in total. The number of nitrogens with zero attached hydrogens (tertiary/aromatic N) is 1. The van der Waals surface area contributed by atoms with E-state index in [0.29, 0.717) is 25.1 Å². The Hall–Kier alpha value is -1.49. The first-order chi connectivity index (χ1) is 11.0. The Morgan fingerprint density at radius 1 is 1.46 bits per heavy atom. The van der Waals surface area contributed by atoms with Crippen LogP contribution in [0.4, 0.5) is 4.79 Å². The van der Waals surface area contributed by atoms with Gasteiger partial charge in [0.25, 0.3) is 0 Å². The normalized spacial score (nSPS) is 35.5. The maximum Gasteiger partial charge on any atom is 0.410 e. The van der Waals surface area contributed by atoms with Gasteiger partial charge in [-0.05, 0) is 39.2 Å². The number of aliphatic hydroxyl groups is 2. The molecule has 1 aliphatic carbocycles. The van der Waals surface area contributed by atoms with Crippen LogP contribution in [0.2, 0.25) is 0 Å². The third-order valence-electron chi connectivity index (χ3n) is 5.42. The molecule has 0 bridgehead atoms. The molecular formula is C19H31NO4. The van der Waals surface area contributed by atoms with Gasteiger partial charge in [-0.3, -0.25) is 0 Å². The predicted molar refractivity (Wildman–Crippen MR) is 93.7 cm³/mol. The fraction of sp³-hybridized carbons (Fsp3) is 0.737. The van der Waals surface area contributed by atoms with Gasteiger partial charge in [0.2, 0.25) is 0 Å². The van der Waals surface area contributed by atoms with Crippen LogP contribution in [0.25, 0.3) is 0 Å². The Morgan fingerprint density at radius 3 is 2.58 bits per heavy atom. The molecule has 0 aromatic heterocycles. The smallest absolute Gasteiger partial charge is 0.410 e. The maximum atomic E-state index is 12.4. The lowest BCUT2D eigenvalue weighted by Crippen LogP contribution is -2.54. The van der Waals surface area contributed by atoms with E-state index in [0.717, 1.165) is 12.7 Å². The average Bonchev–Trinajstić information content (AvgIpc) is 2.48. The minimum Gasteiger partial charge on any atom is -0.516 e. The van der Waals surface area contributed by atoms with E-state index in [4.69, 9.17) is 4.74 Å². The van der Waals surface area contributed by atoms with Crippen molar-refractivity contribution in [3.63, 3.8) is 0 Å². The molecule has 2 N–H and O–H groups in total. The molecule has 1 fully saturated rings. The summed E-state index contributed by atoms with van der Waals surface area (Å²) in [5.74, 6) is 0. The molecule has 5 heteroatoms. The summed E-state index contributed by atoms with van der Waals surface area (Å²) in [4.78, 5) is 14.1. The third-order valence-corrected chi connectivity index (χ3v) is 5.42. The summed E-state index contributed by atoms with van der Waals surface area (Å²) in [6, 6.07) is 0. The van der Waals surface area contributed by atoms with Crippen molar-refractivity contribution in [3.8, 4) is 0 Å². The lowest BCUT2D eigenvalue weighted by Gasteiger charge is -2.54. The molecule has 0 saturated heterocycles. The van der Waals surface area contributed by atoms with Crippen molar-refractivity contribution in [2.75, 3.05) is 13.1 Å². The van der Waals surface area contributed by atoms with Crippen LogP contribution in [0.5, 0.6) is 0 Å². The molecule has 1 unspecified atom stereocenters. The predicted octanol–water partition coefficient (Wildman–Crippen LogP) is 3.79. The summed E-state index contributed by atoms with van der Waals surface area (Å²) in [6.45, 7) is 12.8. The number of rotatable bonds is 1. The third kappa shape index (κ3) is 3.18. The van der Waals surface area contributed by atoms with Crippen LogP contribution in [0.3, 0.4) is 0 Å². The van der Waals surface area contributed by atoms with Crippen LogP contribution >= 0.6 is 0 Å². The Labute approximate surface area is 145 Å². The first kappa shape index (κ1) is 18.8. The monoisotopic (exact) mass is 337 g/mol. The second kappa shape index (κ2) is 6.10. The van der Waals surface area contributed by atoms with Gasteiger partial charge in [0.15, 0.2) is 0 Å². The lowest BCUT2D eigenvalue weighted by molar-refractivity contribution is 0.00163. The second-order valence-electron chi connectivity index (χ2n) is 8.59. The zero-order valence-corrected chi connectivity index (χ0v) is 15.7. The van der Waals surface area contributed by atoms with Crippen molar-refractivity contribution in [2.24, 2.45) is 10.8 Å². The quantitative estimate of drug-likeness (QED) is 0.564. The van der Waals surface area contributed by atoms with Gasteiger partial charge in [-0.2, -0.15) is 0 Å². The number of aliphatic hydroxyl groups excluding tert-OH is 2. The fourth-order valence-electron chi connectivity index (χ4n) is 4.16. The summed E-state index contributed by atoms with van der Waals surface area (Å²) in [7, 11) is 0. The summed E-state index contributed by atoms with van der Waals surface area (Å²) in [6.07, 6.45) is 3.38. The van der Waals surface area contributed by atoms with E-state index in [-0.39, 0.29) is 11.5 Å². The van der Waals surface area contributed by atoms with Gasteiger partial charge in [-0.1, -0.05) is 32.4 Å². The van der Waals surface area contributed by atoms with Crippen LogP contribution in [-0.2, 0) is 4.74 Å². The molecule has 1 amide bonds. The molecule has 3 atom stereocenters. The molecule has 136 valence electrons. The Balaban J connectivity index is 2.36. The van der Waals surface area contributed by atoms with Crippen molar-refractivity contribution >= 4 is 6.09 Å². The SMILES string of the molecule is CC[C@@]1(C)C2=CCN(C(=O)OC(C)(C)C)C[C@]2(C)C/C(=C/O)C1O. The molecule has 24 heavy (non-hydrogen) atoms. The molecular weight excluding hydrogens is 306 g/mol. The number of ether oxygens (including phenoxy) is 1. The lowest BCUT2D eigenvalue weighted by atomic mass is 9.55. The highest BCUT2D eigenvalue weighted by molar-refractivity contribution is 5.69. The van der Waals surface area contributed by atoms with E-state index < -0.39 is 17.1 Å². The van der Waals surface area contributed by atoms with Crippen LogP contribution < -0.4 is 0 Å². The van der Waals surface area contributed by atoms with Gasteiger partial charge in [-0.25, -0.2) is 4.79 Å². The summed E-state index contributed by atoms with van der Waals surface area (Å²) < 4.78 is 5.50. The van der Waals surface area contributed by atoms with Gasteiger partial charge in [-0.15, -0.1) is 0 Å². The van der Waals surface area contributed by atoms with Gasteiger partial charge < -0.3 is 19.8 Å². The number of amides is 1. The van der Waals surface area contributed by atoms with Crippen molar-refractivity contribution in [1.29, 1.82) is 0 Å². The average molecular weight is 337 g/mol. The largest absolute Gasteiger partial charge is 0.516 e. The summed E-state index contributed by atoms with van der Waals surface area (Å²) >= 11 is 0. The topological polar surface area (TPSA) is 70.0 Å². The van der Waals surface area contributed by atoms with Crippen LogP contribution in [0.1, 0.15) is 54.4 Å². The van der Waals surface area contributed by atoms with Crippen LogP contribution in [-0.4, -0.2) is 46.0 Å². The van der Waals surface area contributed by atoms with Crippen LogP contribution in [0.15, 0.2) is 23.5 Å². The van der Waals surface area contributed by atoms with Crippen molar-refractivity contribution < 1.29 is 19.7 Å². The van der Waals surface area contributed by atoms with E-state index in [9.17, 15) is 15.0 Å². The van der Waals surface area contributed by atoms with Crippen molar-refractivity contribution in [3.05, 3.63) is 23.5 Å². The maximum absolute atomic E-state index is 12.4. The molecule has 0 radical (unpaired) electrons. The second-order valence-corrected chi connectivity index (χ2v) is 8.59. The van der Waals surface area contributed by atoms with Crippen molar-refractivity contribution in [1.82, 2.24) is 4.90 Å². The highest BCUT2D eigenvalue weighted by Gasteiger charge is 2.52. The highest BCUT2D eigenvalue weighted by atomic mass is 16.6. The van der Waals surface area contributed by atoms with Gasteiger partial charge in [0, 0.05) is 23.9 Å². The molecule has 1 heterocycles. The zero-order chi connectivity index (χ0) is 18.3. The number of carbonyl (C=O) groups is 1. The van der Waals surface area contributed by atoms with Crippen molar-refractivity contribution in [2.45, 2.75) is 66.1 Å². The minimum absolute atomic E-state index is 0.312. The van der Waals surface area contributed by atoms with Crippen LogP contribution in [0, 0.1) is 10.8 Å². The van der Waals surface area contributed by atoms with Gasteiger partial charge in [0.05, 0.1) is 12.4 Å². The highest BCUT2D eigenvalue weighted by Crippen LogP contribution is 2.55. The molecule has 1 aliphatic heterocycles. The van der Waals surface area contributed by atoms with E-state index in [1.165, 1.54) is 5.57 Å². The molecule has 0 aromatic carbocycles. The number of carbonyl (C=O) groups excluding carboxylic acids is 1. The molecule has 0 aromatic rings. The van der Waals surface area contributed by atoms with E-state index in [1.54, 1.807) is 4.90 Å². The number of hydrogen-bond acceptors (Lipinski definition) is 4. The van der Waals surface area contributed by atoms with E-state index >= 15 is 0 Å². The van der Waals surface area contributed by atoms with E-state index in [2.05, 4.69) is 13.0 Å². The van der Waals surface area contributed by atoms with Gasteiger partial charge in [0.1, 0.15) is 5.60 Å². The first-order valence-corrected chi connectivity index (χ1v) is 8.67. The summed E-state index contributed by atoms with van der Waals surface area (Å²) in [5, 5.41) is 20.3. The fourth-order valence-corrected chi connectivity index (χ4v) is 4.16. The summed E-state index contributed by atoms with van der Waals surface area (Å²) in [5.41, 5.74) is 0.536. The minimum atomic E-state index is -0.695. The Bertz CT molecular complexity index is 574. The van der Waals surface area contributed by atoms with E-state index in [1.807, 2.05) is 34.6 Å². The first-order valence-electron chi connectivity index (χ1n) is 8.67. The zero-order valence-electron chi connectivity index (χ0n) is 15.7. The number of fused-ring (bicyclic) bond motifs is 1. The Morgan fingerprint density at radius 2 is 2.08 bits per heavy atom. The molecule has 2 rings (SSSR count). The molecule has 1 saturated carbocycles. The number of hydrogen-bond donors (Lipinski definition) is 2. The molecule has 2 aliphatic rings. The van der Waals surface area contributed by atoms with Gasteiger partial charge >= 0.3 is 6.09 Å². The molecule has 0 spiro atoms. The Kier molecular flexibility index (Phi) is 4.79. The standard InChI is InChI=1S/C19H31NO4/c1-7-19(6)14-8-9-20(16(23)24-17(2,3)4)12-18(14,5)10-13(11-21)15(19)22/h8,11,15,21-22H,7,9-10,12H2,1-6H3/b13-11-/t15?,18-,19-/m0/s1.